The third kappa shape index (κ3) is 3.80. The van der Waals surface area contributed by atoms with Crippen molar-refractivity contribution >= 4 is 23.6 Å². The molecular weight excluding hydrogens is 376 g/mol. The Hall–Kier alpha value is -2.87. The molecule has 27 heavy (non-hydrogen) atoms. The van der Waals surface area contributed by atoms with Crippen molar-refractivity contribution in [3.05, 3.63) is 75.3 Å². The van der Waals surface area contributed by atoms with Gasteiger partial charge in [0.1, 0.15) is 17.4 Å². The fourth-order valence-corrected chi connectivity index (χ4v) is 4.09. The molecule has 1 aliphatic rings. The molecule has 0 bridgehead atoms. The van der Waals surface area contributed by atoms with Gasteiger partial charge >= 0.3 is 5.97 Å². The molecule has 1 unspecified atom stereocenters. The number of hydrogen-bond acceptors (Lipinski definition) is 4. The van der Waals surface area contributed by atoms with Gasteiger partial charge in [-0.05, 0) is 42.3 Å². The van der Waals surface area contributed by atoms with E-state index in [-0.39, 0.29) is 27.5 Å². The highest BCUT2D eigenvalue weighted by molar-refractivity contribution is 8.03. The summed E-state index contributed by atoms with van der Waals surface area (Å²) in [5, 5.41) is 21.8. The zero-order valence-electron chi connectivity index (χ0n) is 14.1. The zero-order chi connectivity index (χ0) is 19.7. The molecule has 3 rings (SSSR count). The quantitative estimate of drug-likeness (QED) is 0.742. The smallest absolute Gasteiger partial charge is 0.334 e. The van der Waals surface area contributed by atoms with Gasteiger partial charge in [0.05, 0.1) is 16.2 Å². The van der Waals surface area contributed by atoms with Crippen LogP contribution in [-0.4, -0.2) is 27.8 Å². The summed E-state index contributed by atoms with van der Waals surface area (Å²) < 4.78 is 27.6. The number of carbonyl (C=O) groups is 2. The van der Waals surface area contributed by atoms with Crippen molar-refractivity contribution in [2.75, 3.05) is 5.75 Å². The maximum absolute atomic E-state index is 14.3. The first-order valence-electron chi connectivity index (χ1n) is 7.94. The number of rotatable bonds is 4. The first-order chi connectivity index (χ1) is 12.8. The molecule has 0 saturated heterocycles. The normalized spacial score (nSPS) is 16.5. The molecule has 0 aliphatic carbocycles. The van der Waals surface area contributed by atoms with Crippen LogP contribution in [0.2, 0.25) is 0 Å². The predicted molar refractivity (Wildman–Crippen MR) is 96.5 cm³/mol. The van der Waals surface area contributed by atoms with E-state index in [1.165, 1.54) is 12.1 Å². The van der Waals surface area contributed by atoms with Crippen LogP contribution < -0.4 is 5.32 Å². The summed E-state index contributed by atoms with van der Waals surface area (Å²) in [7, 11) is 0. The zero-order valence-corrected chi connectivity index (χ0v) is 14.9. The highest BCUT2D eigenvalue weighted by Crippen LogP contribution is 2.42. The number of thioether (sulfide) groups is 1. The third-order valence-corrected chi connectivity index (χ3v) is 5.29. The summed E-state index contributed by atoms with van der Waals surface area (Å²) in [5.74, 6) is -4.33. The van der Waals surface area contributed by atoms with Crippen molar-refractivity contribution in [2.45, 2.75) is 12.8 Å². The van der Waals surface area contributed by atoms with Crippen LogP contribution in [0.4, 0.5) is 8.78 Å². The van der Waals surface area contributed by atoms with E-state index in [9.17, 15) is 28.6 Å². The van der Waals surface area contributed by atoms with E-state index < -0.39 is 35.2 Å². The third-order valence-electron chi connectivity index (χ3n) is 4.18. The molecule has 8 heteroatoms. The van der Waals surface area contributed by atoms with E-state index >= 15 is 0 Å². The predicted octanol–water partition coefficient (Wildman–Crippen LogP) is 3.54. The van der Waals surface area contributed by atoms with Gasteiger partial charge in [-0.3, -0.25) is 4.79 Å². The monoisotopic (exact) mass is 391 g/mol. The Bertz CT molecular complexity index is 974. The molecule has 2 aromatic carbocycles. The number of amides is 1. The van der Waals surface area contributed by atoms with E-state index in [2.05, 4.69) is 5.32 Å². The van der Waals surface area contributed by atoms with Crippen molar-refractivity contribution in [3.8, 4) is 5.75 Å². The minimum atomic E-state index is -1.29. The molecule has 1 amide bonds. The van der Waals surface area contributed by atoms with Crippen LogP contribution in [0.3, 0.4) is 0 Å². The number of halogens is 2. The number of hydrogen-bond donors (Lipinski definition) is 3. The van der Waals surface area contributed by atoms with Gasteiger partial charge in [-0.1, -0.05) is 12.1 Å². The van der Waals surface area contributed by atoms with Gasteiger partial charge in [0.25, 0.3) is 5.91 Å². The Morgan fingerprint density at radius 1 is 1.19 bits per heavy atom. The average Bonchev–Trinajstić information content (AvgIpc) is 3.00. The number of carboxylic acid groups (broad SMARTS) is 1. The number of phenolic OH excluding ortho intramolecular Hbond substituents is 1. The topological polar surface area (TPSA) is 86.6 Å². The number of nitrogens with one attached hydrogen (secondary N) is 1. The molecule has 1 heterocycles. The maximum atomic E-state index is 14.3. The molecular formula is C19H15F2NO4S. The van der Waals surface area contributed by atoms with Crippen LogP contribution in [0.15, 0.2) is 47.0 Å². The lowest BCUT2D eigenvalue weighted by Gasteiger charge is -2.13. The second kappa shape index (κ2) is 7.40. The minimum Gasteiger partial charge on any atom is -0.507 e. The van der Waals surface area contributed by atoms with Crippen molar-refractivity contribution in [1.82, 2.24) is 5.32 Å². The Morgan fingerprint density at radius 2 is 1.93 bits per heavy atom. The SMILES string of the molecule is Cc1ccc(C2CSC(NC(=O)c3cc(F)ccc3O)=C2C(=O)O)c(F)c1. The van der Waals surface area contributed by atoms with Crippen LogP contribution in [0.25, 0.3) is 0 Å². The second-order valence-electron chi connectivity index (χ2n) is 6.05. The Morgan fingerprint density at radius 3 is 2.59 bits per heavy atom. The number of carboxylic acids is 1. The lowest BCUT2D eigenvalue weighted by Crippen LogP contribution is -2.24. The van der Waals surface area contributed by atoms with E-state index in [1.54, 1.807) is 13.0 Å². The molecule has 5 nitrogen and oxygen atoms in total. The molecule has 2 aromatic rings. The van der Waals surface area contributed by atoms with Gasteiger partial charge in [0.2, 0.25) is 0 Å². The van der Waals surface area contributed by atoms with Crippen LogP contribution >= 0.6 is 11.8 Å². The number of aryl methyl sites for hydroxylation is 1. The lowest BCUT2D eigenvalue weighted by molar-refractivity contribution is -0.132. The Balaban J connectivity index is 1.95. The fourth-order valence-electron chi connectivity index (χ4n) is 2.86. The van der Waals surface area contributed by atoms with Gasteiger partial charge in [-0.25, -0.2) is 13.6 Å². The number of carbonyl (C=O) groups excluding carboxylic acids is 1. The Labute approximate surface area is 157 Å². The van der Waals surface area contributed by atoms with Crippen LogP contribution in [0.1, 0.15) is 27.4 Å². The highest BCUT2D eigenvalue weighted by Gasteiger charge is 2.35. The maximum Gasteiger partial charge on any atom is 0.334 e. The molecule has 0 fully saturated rings. The first-order valence-corrected chi connectivity index (χ1v) is 8.92. The molecule has 1 atom stereocenters. The standard InChI is InChI=1S/C19H15F2NO4S/c1-9-2-4-11(14(21)6-9)13-8-27-18(16(13)19(25)26)22-17(24)12-7-10(20)3-5-15(12)23/h2-7,13,23H,8H2,1H3,(H,22,24)(H,25,26). The van der Waals surface area contributed by atoms with Crippen molar-refractivity contribution in [1.29, 1.82) is 0 Å². The molecule has 140 valence electrons. The van der Waals surface area contributed by atoms with E-state index in [0.29, 0.717) is 5.56 Å². The summed E-state index contributed by atoms with van der Waals surface area (Å²) >= 11 is 1.05. The van der Waals surface area contributed by atoms with Crippen molar-refractivity contribution < 1.29 is 28.6 Å². The molecule has 3 N–H and O–H groups in total. The van der Waals surface area contributed by atoms with Gasteiger partial charge in [0.15, 0.2) is 0 Å². The van der Waals surface area contributed by atoms with Crippen molar-refractivity contribution in [2.24, 2.45) is 0 Å². The summed E-state index contributed by atoms with van der Waals surface area (Å²) in [6.45, 7) is 1.72. The van der Waals surface area contributed by atoms with E-state index in [1.807, 2.05) is 0 Å². The molecule has 0 aromatic heterocycles. The van der Waals surface area contributed by atoms with Crippen LogP contribution in [-0.2, 0) is 4.79 Å². The molecule has 0 spiro atoms. The number of benzene rings is 2. The van der Waals surface area contributed by atoms with Crippen LogP contribution in [0, 0.1) is 18.6 Å². The molecule has 0 radical (unpaired) electrons. The van der Waals surface area contributed by atoms with Crippen molar-refractivity contribution in [3.63, 3.8) is 0 Å². The highest BCUT2D eigenvalue weighted by atomic mass is 32.2. The van der Waals surface area contributed by atoms with Gasteiger partial charge < -0.3 is 15.5 Å². The largest absolute Gasteiger partial charge is 0.507 e. The van der Waals surface area contributed by atoms with Crippen LogP contribution in [0.5, 0.6) is 5.75 Å². The number of phenols is 1. The van der Waals surface area contributed by atoms with Gasteiger partial charge in [-0.2, -0.15) is 0 Å². The van der Waals surface area contributed by atoms with E-state index in [0.717, 1.165) is 30.0 Å². The minimum absolute atomic E-state index is 0.0427. The average molecular weight is 391 g/mol. The summed E-state index contributed by atoms with van der Waals surface area (Å²) in [4.78, 5) is 24.1. The molecule has 0 saturated carbocycles. The number of aliphatic carboxylic acids is 1. The lowest BCUT2D eigenvalue weighted by atomic mass is 9.92. The van der Waals surface area contributed by atoms with Gasteiger partial charge in [0, 0.05) is 11.7 Å². The van der Waals surface area contributed by atoms with E-state index in [4.69, 9.17) is 0 Å². The summed E-state index contributed by atoms with van der Waals surface area (Å²) in [6, 6.07) is 7.41. The number of aromatic hydroxyl groups is 1. The molecule has 1 aliphatic heterocycles. The fraction of sp³-hybridized carbons (Fsp3) is 0.158. The second-order valence-corrected chi connectivity index (χ2v) is 7.08. The first kappa shape index (κ1) is 18.9. The summed E-state index contributed by atoms with van der Waals surface area (Å²) in [6.07, 6.45) is 0. The Kier molecular flexibility index (Phi) is 5.18. The summed E-state index contributed by atoms with van der Waals surface area (Å²) in [5.41, 5.74) is 0.464. The van der Waals surface area contributed by atoms with Gasteiger partial charge in [-0.15, -0.1) is 11.8 Å².